The number of hydrogen-bond donors (Lipinski definition) is 2. The monoisotopic (exact) mass is 367 g/mol. The van der Waals surface area contributed by atoms with Crippen LogP contribution >= 0.6 is 34.2 Å². The Labute approximate surface area is 119 Å². The topological polar surface area (TPSA) is 53.4 Å². The molecule has 0 spiro atoms. The maximum Gasteiger partial charge on any atom is 0.172 e. The van der Waals surface area contributed by atoms with Crippen molar-refractivity contribution in [2.75, 3.05) is 6.61 Å². The standard InChI is InChI=1S/C12H15ClINO2/c1-12(4-5-16,7-2-3-7)8-6-9(14)15-11(13)10(8)17/h6-7,16-17H,2-5H2,1H3. The number of nitrogens with zero attached hydrogens (tertiary/aromatic N) is 1. The van der Waals surface area contributed by atoms with E-state index in [2.05, 4.69) is 34.5 Å². The van der Waals surface area contributed by atoms with Crippen LogP contribution in [0.4, 0.5) is 0 Å². The largest absolute Gasteiger partial charge is 0.504 e. The molecule has 1 aliphatic rings. The summed E-state index contributed by atoms with van der Waals surface area (Å²) in [6.07, 6.45) is 2.93. The van der Waals surface area contributed by atoms with Gasteiger partial charge in [-0.05, 0) is 53.8 Å². The summed E-state index contributed by atoms with van der Waals surface area (Å²) >= 11 is 8.01. The molecule has 1 fully saturated rings. The molecule has 5 heteroatoms. The molecule has 0 amide bonds. The van der Waals surface area contributed by atoms with Crippen molar-refractivity contribution in [2.24, 2.45) is 5.92 Å². The molecule has 1 aliphatic carbocycles. The molecule has 1 aromatic rings. The highest BCUT2D eigenvalue weighted by atomic mass is 127. The van der Waals surface area contributed by atoms with E-state index in [9.17, 15) is 10.2 Å². The molecule has 2 N–H and O–H groups in total. The Morgan fingerprint density at radius 2 is 2.24 bits per heavy atom. The summed E-state index contributed by atoms with van der Waals surface area (Å²) in [6.45, 7) is 2.20. The van der Waals surface area contributed by atoms with Crippen LogP contribution < -0.4 is 0 Å². The van der Waals surface area contributed by atoms with Crippen LogP contribution in [0, 0.1) is 9.62 Å². The third kappa shape index (κ3) is 2.53. The molecule has 17 heavy (non-hydrogen) atoms. The van der Waals surface area contributed by atoms with Crippen molar-refractivity contribution in [1.29, 1.82) is 0 Å². The van der Waals surface area contributed by atoms with Crippen LogP contribution in [0.1, 0.15) is 31.7 Å². The Hall–Kier alpha value is -0.0700. The zero-order chi connectivity index (χ0) is 12.6. The van der Waals surface area contributed by atoms with Gasteiger partial charge in [-0.2, -0.15) is 0 Å². The number of rotatable bonds is 4. The second-order valence-corrected chi connectivity index (χ2v) is 6.26. The van der Waals surface area contributed by atoms with Crippen molar-refractivity contribution in [2.45, 2.75) is 31.6 Å². The molecule has 0 aliphatic heterocycles. The number of hydrogen-bond acceptors (Lipinski definition) is 3. The predicted molar refractivity (Wildman–Crippen MR) is 75.4 cm³/mol. The van der Waals surface area contributed by atoms with Gasteiger partial charge >= 0.3 is 0 Å². The number of aliphatic hydroxyl groups excluding tert-OH is 1. The molecule has 0 bridgehead atoms. The number of halogens is 2. The first-order valence-electron chi connectivity index (χ1n) is 5.65. The Kier molecular flexibility index (Phi) is 3.85. The fourth-order valence-corrected chi connectivity index (χ4v) is 3.31. The lowest BCUT2D eigenvalue weighted by Crippen LogP contribution is -2.26. The SMILES string of the molecule is CC(CCO)(c1cc(I)nc(Cl)c1O)C1CC1. The van der Waals surface area contributed by atoms with Gasteiger partial charge < -0.3 is 10.2 Å². The molecule has 94 valence electrons. The van der Waals surface area contributed by atoms with Crippen molar-refractivity contribution in [3.05, 3.63) is 20.5 Å². The zero-order valence-corrected chi connectivity index (χ0v) is 12.5. The Bertz CT molecular complexity index is 437. The maximum atomic E-state index is 10.1. The summed E-state index contributed by atoms with van der Waals surface area (Å²) in [4.78, 5) is 4.03. The highest BCUT2D eigenvalue weighted by Crippen LogP contribution is 2.52. The molecule has 0 aromatic carbocycles. The normalized spacial score (nSPS) is 19.1. The van der Waals surface area contributed by atoms with Crippen LogP contribution in [0.5, 0.6) is 5.75 Å². The minimum absolute atomic E-state index is 0.0648. The second-order valence-electron chi connectivity index (χ2n) is 4.80. The molecular weight excluding hydrogens is 352 g/mol. The predicted octanol–water partition coefficient (Wildman–Crippen LogP) is 3.10. The minimum Gasteiger partial charge on any atom is -0.504 e. The second kappa shape index (κ2) is 4.90. The number of aromatic hydroxyl groups is 1. The Morgan fingerprint density at radius 1 is 1.59 bits per heavy atom. The molecule has 1 heterocycles. The molecule has 0 saturated heterocycles. The van der Waals surface area contributed by atoms with Crippen LogP contribution in [0.25, 0.3) is 0 Å². The average Bonchev–Trinajstić information content (AvgIpc) is 3.07. The lowest BCUT2D eigenvalue weighted by atomic mass is 9.75. The van der Waals surface area contributed by atoms with Gasteiger partial charge in [0.05, 0.1) is 0 Å². The third-order valence-corrected chi connectivity index (χ3v) is 4.46. The number of pyridine rings is 1. The van der Waals surface area contributed by atoms with Crippen LogP contribution in [-0.4, -0.2) is 21.8 Å². The van der Waals surface area contributed by atoms with E-state index in [1.54, 1.807) is 0 Å². The summed E-state index contributed by atoms with van der Waals surface area (Å²) in [5.41, 5.74) is 0.615. The van der Waals surface area contributed by atoms with E-state index in [0.29, 0.717) is 12.3 Å². The first-order valence-corrected chi connectivity index (χ1v) is 7.11. The Morgan fingerprint density at radius 3 is 2.76 bits per heavy atom. The summed E-state index contributed by atoms with van der Waals surface area (Å²) < 4.78 is 0.769. The first-order chi connectivity index (χ1) is 7.99. The molecule has 1 unspecified atom stereocenters. The van der Waals surface area contributed by atoms with Gasteiger partial charge in [-0.25, -0.2) is 4.98 Å². The van der Waals surface area contributed by atoms with Gasteiger partial charge in [0, 0.05) is 17.6 Å². The molecule has 1 saturated carbocycles. The lowest BCUT2D eigenvalue weighted by molar-refractivity contribution is 0.227. The van der Waals surface area contributed by atoms with Gasteiger partial charge in [-0.3, -0.25) is 0 Å². The molecular formula is C12H15ClINO2. The van der Waals surface area contributed by atoms with Crippen LogP contribution in [0.2, 0.25) is 5.15 Å². The van der Waals surface area contributed by atoms with Crippen molar-refractivity contribution in [3.63, 3.8) is 0 Å². The zero-order valence-electron chi connectivity index (χ0n) is 9.58. The van der Waals surface area contributed by atoms with Gasteiger partial charge in [-0.15, -0.1) is 0 Å². The summed E-state index contributed by atoms with van der Waals surface area (Å²) in [5.74, 6) is 0.588. The number of aromatic nitrogens is 1. The molecule has 1 atom stereocenters. The number of aliphatic hydroxyl groups is 1. The molecule has 3 nitrogen and oxygen atoms in total. The van der Waals surface area contributed by atoms with E-state index >= 15 is 0 Å². The molecule has 1 aromatic heterocycles. The van der Waals surface area contributed by atoms with Gasteiger partial charge in [0.25, 0.3) is 0 Å². The fourth-order valence-electron chi connectivity index (χ4n) is 2.42. The average molecular weight is 368 g/mol. The van der Waals surface area contributed by atoms with Gasteiger partial charge in [-0.1, -0.05) is 18.5 Å². The van der Waals surface area contributed by atoms with Crippen LogP contribution in [0.3, 0.4) is 0 Å². The van der Waals surface area contributed by atoms with Crippen LogP contribution in [-0.2, 0) is 5.41 Å². The summed E-state index contributed by atoms with van der Waals surface area (Å²) in [6, 6.07) is 1.87. The highest BCUT2D eigenvalue weighted by molar-refractivity contribution is 14.1. The molecule has 2 rings (SSSR count). The fraction of sp³-hybridized carbons (Fsp3) is 0.583. The van der Waals surface area contributed by atoms with Crippen molar-refractivity contribution in [3.8, 4) is 5.75 Å². The molecule has 0 radical (unpaired) electrons. The van der Waals surface area contributed by atoms with E-state index in [4.69, 9.17) is 11.6 Å². The minimum atomic E-state index is -0.203. The highest BCUT2D eigenvalue weighted by Gasteiger charge is 2.44. The van der Waals surface area contributed by atoms with E-state index in [0.717, 1.165) is 22.1 Å². The Balaban J connectivity index is 2.49. The summed E-state index contributed by atoms with van der Waals surface area (Å²) in [7, 11) is 0. The van der Waals surface area contributed by atoms with E-state index in [1.807, 2.05) is 6.07 Å². The summed E-state index contributed by atoms with van der Waals surface area (Å²) in [5, 5.41) is 19.5. The quantitative estimate of drug-likeness (QED) is 0.635. The van der Waals surface area contributed by atoms with E-state index in [1.165, 1.54) is 0 Å². The maximum absolute atomic E-state index is 10.1. The van der Waals surface area contributed by atoms with Gasteiger partial charge in [0.15, 0.2) is 10.9 Å². The van der Waals surface area contributed by atoms with Gasteiger partial charge in [0.2, 0.25) is 0 Å². The van der Waals surface area contributed by atoms with Crippen molar-refractivity contribution in [1.82, 2.24) is 4.98 Å². The van der Waals surface area contributed by atoms with Crippen LogP contribution in [0.15, 0.2) is 6.07 Å². The smallest absolute Gasteiger partial charge is 0.172 e. The van der Waals surface area contributed by atoms with Crippen molar-refractivity contribution < 1.29 is 10.2 Å². The third-order valence-electron chi connectivity index (χ3n) is 3.64. The van der Waals surface area contributed by atoms with E-state index in [-0.39, 0.29) is 22.9 Å². The van der Waals surface area contributed by atoms with Crippen molar-refractivity contribution >= 4 is 34.2 Å². The lowest BCUT2D eigenvalue weighted by Gasteiger charge is -2.30. The van der Waals surface area contributed by atoms with E-state index < -0.39 is 0 Å². The first kappa shape index (κ1) is 13.4. The van der Waals surface area contributed by atoms with Gasteiger partial charge in [0.1, 0.15) is 3.70 Å².